The highest BCUT2D eigenvalue weighted by Crippen LogP contribution is 2.38. The van der Waals surface area contributed by atoms with E-state index >= 15 is 0 Å². The van der Waals surface area contributed by atoms with Crippen molar-refractivity contribution < 1.29 is 0 Å². The quantitative estimate of drug-likeness (QED) is 0.735. The molecule has 20 heavy (non-hydrogen) atoms. The highest BCUT2D eigenvalue weighted by Gasteiger charge is 2.27. The van der Waals surface area contributed by atoms with Gasteiger partial charge < -0.3 is 4.90 Å². The van der Waals surface area contributed by atoms with Crippen LogP contribution in [0.25, 0.3) is 5.70 Å². The summed E-state index contributed by atoms with van der Waals surface area (Å²) in [5.74, 6) is 0. The van der Waals surface area contributed by atoms with Gasteiger partial charge in [0, 0.05) is 17.8 Å². The van der Waals surface area contributed by atoms with Gasteiger partial charge in [-0.25, -0.2) is 0 Å². The summed E-state index contributed by atoms with van der Waals surface area (Å²) in [7, 11) is 0. The number of hydrogen-bond acceptors (Lipinski definition) is 3. The van der Waals surface area contributed by atoms with Crippen LogP contribution in [-0.4, -0.2) is 0 Å². The molecular weight excluding hydrogens is 246 g/mol. The summed E-state index contributed by atoms with van der Waals surface area (Å²) in [6.07, 6.45) is 0. The van der Waals surface area contributed by atoms with Crippen LogP contribution in [-0.2, 0) is 6.54 Å². The van der Waals surface area contributed by atoms with Crippen LogP contribution in [0.1, 0.15) is 11.1 Å². The maximum atomic E-state index is 9.22. The Bertz CT molecular complexity index is 745. The van der Waals surface area contributed by atoms with Gasteiger partial charge in [0.15, 0.2) is 5.57 Å². The topological polar surface area (TPSA) is 50.8 Å². The summed E-state index contributed by atoms with van der Waals surface area (Å²) in [4.78, 5) is 2.02. The van der Waals surface area contributed by atoms with Crippen LogP contribution in [0.2, 0.25) is 0 Å². The van der Waals surface area contributed by atoms with Gasteiger partial charge in [0.25, 0.3) is 0 Å². The summed E-state index contributed by atoms with van der Waals surface area (Å²) >= 11 is 0. The zero-order chi connectivity index (χ0) is 13.9. The first kappa shape index (κ1) is 12.0. The van der Waals surface area contributed by atoms with Gasteiger partial charge in [-0.05, 0) is 17.7 Å². The lowest BCUT2D eigenvalue weighted by molar-refractivity contribution is 1.04. The molecule has 3 rings (SSSR count). The zero-order valence-corrected chi connectivity index (χ0v) is 10.7. The molecule has 1 aliphatic rings. The number of nitriles is 2. The third kappa shape index (κ3) is 1.83. The van der Waals surface area contributed by atoms with Crippen LogP contribution in [0.15, 0.2) is 60.2 Å². The third-order valence-corrected chi connectivity index (χ3v) is 3.40. The Morgan fingerprint density at radius 1 is 0.900 bits per heavy atom. The van der Waals surface area contributed by atoms with Crippen LogP contribution in [0.3, 0.4) is 0 Å². The van der Waals surface area contributed by atoms with E-state index in [2.05, 4.69) is 0 Å². The van der Waals surface area contributed by atoms with Crippen LogP contribution in [0.4, 0.5) is 5.69 Å². The van der Waals surface area contributed by atoms with Crippen molar-refractivity contribution in [1.82, 2.24) is 0 Å². The maximum absolute atomic E-state index is 9.22. The van der Waals surface area contributed by atoms with Crippen molar-refractivity contribution in [2.45, 2.75) is 6.54 Å². The minimum atomic E-state index is 0.152. The molecule has 0 saturated heterocycles. The molecule has 0 amide bonds. The first-order valence-electron chi connectivity index (χ1n) is 6.30. The van der Waals surface area contributed by atoms with Crippen molar-refractivity contribution in [3.8, 4) is 12.1 Å². The minimum Gasteiger partial charge on any atom is -0.335 e. The van der Waals surface area contributed by atoms with Crippen molar-refractivity contribution in [1.29, 1.82) is 10.5 Å². The highest BCUT2D eigenvalue weighted by atomic mass is 15.2. The second-order valence-corrected chi connectivity index (χ2v) is 4.53. The molecule has 1 heterocycles. The van der Waals surface area contributed by atoms with E-state index in [1.807, 2.05) is 71.6 Å². The van der Waals surface area contributed by atoms with E-state index in [4.69, 9.17) is 0 Å². The molecule has 1 aliphatic heterocycles. The molecule has 0 saturated carbocycles. The molecule has 3 nitrogen and oxygen atoms in total. The van der Waals surface area contributed by atoms with E-state index in [1.165, 1.54) is 0 Å². The second-order valence-electron chi connectivity index (χ2n) is 4.53. The van der Waals surface area contributed by atoms with Crippen LogP contribution in [0.5, 0.6) is 0 Å². The summed E-state index contributed by atoms with van der Waals surface area (Å²) in [5, 5.41) is 18.4. The number of fused-ring (bicyclic) bond motifs is 1. The van der Waals surface area contributed by atoms with Crippen molar-refractivity contribution in [2.75, 3.05) is 4.90 Å². The van der Waals surface area contributed by atoms with Crippen LogP contribution in [0, 0.1) is 22.7 Å². The fraction of sp³-hybridized carbons (Fsp3) is 0.0588. The molecule has 0 aromatic heterocycles. The first-order valence-corrected chi connectivity index (χ1v) is 6.30. The van der Waals surface area contributed by atoms with Crippen molar-refractivity contribution >= 4 is 11.4 Å². The smallest absolute Gasteiger partial charge is 0.153 e. The zero-order valence-electron chi connectivity index (χ0n) is 10.7. The Kier molecular flexibility index (Phi) is 2.95. The van der Waals surface area contributed by atoms with Crippen molar-refractivity contribution in [2.24, 2.45) is 0 Å². The van der Waals surface area contributed by atoms with Crippen LogP contribution >= 0.6 is 0 Å². The van der Waals surface area contributed by atoms with Crippen molar-refractivity contribution in [3.63, 3.8) is 0 Å². The standard InChI is InChI=1S/C17H11N3/c18-10-14(11-19)17-16-9-5-4-6-13(16)12-20(17)15-7-2-1-3-8-15/h1-9H,12H2. The predicted octanol–water partition coefficient (Wildman–Crippen LogP) is 3.47. The van der Waals surface area contributed by atoms with E-state index in [0.717, 1.165) is 16.8 Å². The summed E-state index contributed by atoms with van der Waals surface area (Å²) < 4.78 is 0. The first-order chi connectivity index (χ1) is 9.85. The van der Waals surface area contributed by atoms with Crippen molar-refractivity contribution in [3.05, 3.63) is 71.3 Å². The second kappa shape index (κ2) is 4.91. The number of nitrogens with zero attached hydrogens (tertiary/aromatic N) is 3. The summed E-state index contributed by atoms with van der Waals surface area (Å²) in [6, 6.07) is 21.7. The number of allylic oxidation sites excluding steroid dienone is 1. The molecule has 0 N–H and O–H groups in total. The molecule has 2 aromatic carbocycles. The lowest BCUT2D eigenvalue weighted by Crippen LogP contribution is -2.14. The third-order valence-electron chi connectivity index (χ3n) is 3.40. The molecule has 0 unspecified atom stereocenters. The predicted molar refractivity (Wildman–Crippen MR) is 77.2 cm³/mol. The fourth-order valence-electron chi connectivity index (χ4n) is 2.51. The van der Waals surface area contributed by atoms with E-state index in [-0.39, 0.29) is 5.57 Å². The maximum Gasteiger partial charge on any atom is 0.153 e. The monoisotopic (exact) mass is 257 g/mol. The number of rotatable bonds is 1. The van der Waals surface area contributed by atoms with Crippen LogP contribution < -0.4 is 4.90 Å². The molecule has 94 valence electrons. The average Bonchev–Trinajstić information content (AvgIpc) is 2.89. The highest BCUT2D eigenvalue weighted by molar-refractivity contribution is 5.90. The number of anilines is 1. The molecule has 0 aliphatic carbocycles. The van der Waals surface area contributed by atoms with Gasteiger partial charge in [-0.2, -0.15) is 10.5 Å². The van der Waals surface area contributed by atoms with Gasteiger partial charge in [-0.1, -0.05) is 42.5 Å². The van der Waals surface area contributed by atoms with Gasteiger partial charge in [-0.15, -0.1) is 0 Å². The summed E-state index contributed by atoms with van der Waals surface area (Å²) in [5.41, 5.74) is 3.95. The van der Waals surface area contributed by atoms with Gasteiger partial charge in [-0.3, -0.25) is 0 Å². The lowest BCUT2D eigenvalue weighted by Gasteiger charge is -2.20. The number of benzene rings is 2. The SMILES string of the molecule is N#CC(C#N)=C1c2ccccc2CN1c1ccccc1. The van der Waals surface area contributed by atoms with E-state index in [0.29, 0.717) is 12.2 Å². The average molecular weight is 257 g/mol. The number of para-hydroxylation sites is 1. The molecule has 0 fully saturated rings. The summed E-state index contributed by atoms with van der Waals surface area (Å²) in [6.45, 7) is 0.683. The minimum absolute atomic E-state index is 0.152. The molecule has 3 heteroatoms. The Morgan fingerprint density at radius 2 is 1.55 bits per heavy atom. The Balaban J connectivity index is 2.22. The van der Waals surface area contributed by atoms with Gasteiger partial charge in [0.1, 0.15) is 12.1 Å². The fourth-order valence-corrected chi connectivity index (χ4v) is 2.51. The molecular formula is C17H11N3. The van der Waals surface area contributed by atoms with E-state index in [1.54, 1.807) is 0 Å². The van der Waals surface area contributed by atoms with E-state index in [9.17, 15) is 10.5 Å². The molecule has 0 bridgehead atoms. The molecule has 0 spiro atoms. The van der Waals surface area contributed by atoms with E-state index < -0.39 is 0 Å². The molecule has 0 atom stereocenters. The van der Waals surface area contributed by atoms with Gasteiger partial charge in [0.05, 0.1) is 5.70 Å². The molecule has 0 radical (unpaired) electrons. The molecule has 2 aromatic rings. The van der Waals surface area contributed by atoms with Gasteiger partial charge >= 0.3 is 0 Å². The van der Waals surface area contributed by atoms with Gasteiger partial charge in [0.2, 0.25) is 0 Å². The Labute approximate surface area is 117 Å². The normalized spacial score (nSPS) is 12.5. The number of hydrogen-bond donors (Lipinski definition) is 0. The Morgan fingerprint density at radius 3 is 2.25 bits per heavy atom. The Hall–Kier alpha value is -3.04. The lowest BCUT2D eigenvalue weighted by atomic mass is 10.1. The largest absolute Gasteiger partial charge is 0.335 e.